The first-order valence-corrected chi connectivity index (χ1v) is 7.69. The molecule has 4 unspecified atom stereocenters. The van der Waals surface area contributed by atoms with Gasteiger partial charge < -0.3 is 9.47 Å². The van der Waals surface area contributed by atoms with E-state index in [0.29, 0.717) is 0 Å². The number of rotatable bonds is 2. The fourth-order valence-electron chi connectivity index (χ4n) is 2.58. The van der Waals surface area contributed by atoms with E-state index in [9.17, 15) is 9.59 Å². The van der Waals surface area contributed by atoms with E-state index in [1.807, 2.05) is 39.8 Å². The van der Waals surface area contributed by atoms with Crippen LogP contribution >= 0.6 is 0 Å². The molecule has 3 fully saturated rings. The van der Waals surface area contributed by atoms with Gasteiger partial charge in [0.25, 0.3) is 0 Å². The van der Waals surface area contributed by atoms with Crippen molar-refractivity contribution in [3.63, 3.8) is 0 Å². The van der Waals surface area contributed by atoms with Gasteiger partial charge >= 0.3 is 0 Å². The molecule has 3 aliphatic rings. The van der Waals surface area contributed by atoms with Gasteiger partial charge in [-0.2, -0.15) is 0 Å². The summed E-state index contributed by atoms with van der Waals surface area (Å²) in [6, 6.07) is 0. The van der Waals surface area contributed by atoms with Crippen LogP contribution in [-0.4, -0.2) is 36.0 Å². The summed E-state index contributed by atoms with van der Waals surface area (Å²) < 4.78 is 10.00. The molecule has 0 bridgehead atoms. The molecule has 2 saturated heterocycles. The van der Waals surface area contributed by atoms with Crippen LogP contribution in [0.4, 0.5) is 0 Å². The van der Waals surface area contributed by atoms with Crippen LogP contribution in [0.25, 0.3) is 0 Å². The molecule has 124 valence electrons. The van der Waals surface area contributed by atoms with Gasteiger partial charge in [0.05, 0.1) is 12.2 Å². The molecule has 0 radical (unpaired) electrons. The number of ether oxygens (including phenoxy) is 2. The Morgan fingerprint density at radius 1 is 1.00 bits per heavy atom. The van der Waals surface area contributed by atoms with Crippen molar-refractivity contribution in [1.29, 1.82) is 0 Å². The highest BCUT2D eigenvalue weighted by Gasteiger charge is 2.52. The third-order valence-corrected chi connectivity index (χ3v) is 4.16. The van der Waals surface area contributed by atoms with E-state index in [-0.39, 0.29) is 43.4 Å². The number of hydrogen-bond donors (Lipinski definition) is 0. The number of Topliss-reactive ketones (excluding diaryl/α,β-unsaturated/α-hetero) is 2. The van der Waals surface area contributed by atoms with Crippen LogP contribution in [0.15, 0.2) is 23.3 Å². The topological polar surface area (TPSA) is 59.2 Å². The van der Waals surface area contributed by atoms with Gasteiger partial charge in [0, 0.05) is 0 Å². The summed E-state index contributed by atoms with van der Waals surface area (Å²) >= 11 is 0. The lowest BCUT2D eigenvalue weighted by molar-refractivity contribution is -0.121. The van der Waals surface area contributed by atoms with Gasteiger partial charge in [-0.3, -0.25) is 9.59 Å². The number of allylic oxidation sites excluding steroid dienone is 4. The number of carbonyl (C=O) groups is 2. The van der Waals surface area contributed by atoms with Crippen LogP contribution in [0.2, 0.25) is 0 Å². The van der Waals surface area contributed by atoms with Crippen molar-refractivity contribution in [2.75, 3.05) is 0 Å². The van der Waals surface area contributed by atoms with Crippen LogP contribution in [-0.2, 0) is 19.1 Å². The molecular formula is C18H28O4. The minimum Gasteiger partial charge on any atom is -0.361 e. The normalized spacial score (nSPS) is 36.3. The maximum atomic E-state index is 11.5. The third kappa shape index (κ3) is 4.37. The van der Waals surface area contributed by atoms with E-state index >= 15 is 0 Å². The highest BCUT2D eigenvalue weighted by molar-refractivity contribution is 6.08. The SMILES string of the molecule is C.C/C=C1\CCC/C(=C\C)C1=O.CC1OC1C(=O)C1OC1C. The minimum absolute atomic E-state index is 0. The molecule has 2 heterocycles. The van der Waals surface area contributed by atoms with Crippen molar-refractivity contribution >= 4 is 11.6 Å². The predicted molar refractivity (Wildman–Crippen MR) is 86.8 cm³/mol. The Balaban J connectivity index is 0.000000211. The molecular weight excluding hydrogens is 280 g/mol. The summed E-state index contributed by atoms with van der Waals surface area (Å²) in [6.07, 6.45) is 6.87. The molecule has 4 heteroatoms. The lowest BCUT2D eigenvalue weighted by atomic mass is 9.89. The first-order chi connectivity index (χ1) is 9.99. The highest BCUT2D eigenvalue weighted by Crippen LogP contribution is 2.31. The summed E-state index contributed by atoms with van der Waals surface area (Å²) in [5, 5.41) is 0. The third-order valence-electron chi connectivity index (χ3n) is 4.16. The smallest absolute Gasteiger partial charge is 0.195 e. The maximum Gasteiger partial charge on any atom is 0.195 e. The molecule has 1 saturated carbocycles. The molecule has 0 amide bonds. The lowest BCUT2D eigenvalue weighted by Gasteiger charge is -2.14. The summed E-state index contributed by atoms with van der Waals surface area (Å²) in [5.41, 5.74) is 1.98. The van der Waals surface area contributed by atoms with Crippen LogP contribution in [0.5, 0.6) is 0 Å². The van der Waals surface area contributed by atoms with Crippen LogP contribution in [0.1, 0.15) is 54.4 Å². The molecule has 0 aromatic heterocycles. The van der Waals surface area contributed by atoms with Crippen molar-refractivity contribution in [3.05, 3.63) is 23.3 Å². The van der Waals surface area contributed by atoms with Crippen molar-refractivity contribution in [3.8, 4) is 0 Å². The Bertz CT molecular complexity index is 449. The zero-order valence-electron chi connectivity index (χ0n) is 13.2. The highest BCUT2D eigenvalue weighted by atomic mass is 16.6. The number of carbonyl (C=O) groups excluding carboxylic acids is 2. The Morgan fingerprint density at radius 2 is 1.36 bits per heavy atom. The van der Waals surface area contributed by atoms with E-state index in [4.69, 9.17) is 9.47 Å². The second kappa shape index (κ2) is 7.84. The molecule has 0 spiro atoms. The lowest BCUT2D eigenvalue weighted by Crippen LogP contribution is -2.16. The maximum absolute atomic E-state index is 11.5. The zero-order chi connectivity index (χ0) is 15.6. The van der Waals surface area contributed by atoms with Crippen molar-refractivity contribution < 1.29 is 19.1 Å². The molecule has 0 aromatic carbocycles. The van der Waals surface area contributed by atoms with Crippen LogP contribution in [0, 0.1) is 0 Å². The summed E-state index contributed by atoms with van der Waals surface area (Å²) in [4.78, 5) is 22.6. The van der Waals surface area contributed by atoms with Crippen molar-refractivity contribution in [2.24, 2.45) is 0 Å². The van der Waals surface area contributed by atoms with E-state index in [1.54, 1.807) is 0 Å². The average Bonchev–Trinajstić information content (AvgIpc) is 3.38. The Morgan fingerprint density at radius 3 is 1.64 bits per heavy atom. The van der Waals surface area contributed by atoms with Crippen LogP contribution in [0.3, 0.4) is 0 Å². The van der Waals surface area contributed by atoms with Gasteiger partial charge in [0.1, 0.15) is 12.2 Å². The van der Waals surface area contributed by atoms with E-state index in [2.05, 4.69) is 0 Å². The molecule has 0 N–H and O–H groups in total. The van der Waals surface area contributed by atoms with Gasteiger partial charge in [0.15, 0.2) is 11.6 Å². The molecule has 0 aromatic rings. The quantitative estimate of drug-likeness (QED) is 0.579. The van der Waals surface area contributed by atoms with Crippen molar-refractivity contribution in [2.45, 2.75) is 78.8 Å². The van der Waals surface area contributed by atoms with E-state index in [0.717, 1.165) is 30.4 Å². The van der Waals surface area contributed by atoms with Crippen molar-refractivity contribution in [1.82, 2.24) is 0 Å². The Labute approximate surface area is 133 Å². The van der Waals surface area contributed by atoms with Gasteiger partial charge in [0.2, 0.25) is 0 Å². The van der Waals surface area contributed by atoms with Gasteiger partial charge in [-0.05, 0) is 58.1 Å². The molecule has 4 atom stereocenters. The molecule has 3 rings (SSSR count). The summed E-state index contributed by atoms with van der Waals surface area (Å²) in [6.45, 7) is 7.67. The Hall–Kier alpha value is -1.26. The molecule has 2 aliphatic heterocycles. The van der Waals surface area contributed by atoms with Gasteiger partial charge in [-0.15, -0.1) is 0 Å². The van der Waals surface area contributed by atoms with Gasteiger partial charge in [-0.25, -0.2) is 0 Å². The standard InChI is InChI=1S/C10H14O.C7H10O3.CH4/c1-3-8-6-5-7-9(4-2)10(8)11;1-3-6(9-3)5(8)7-4(2)10-7;/h3-4H,5-7H2,1-2H3;3-4,6-7H,1-2H3;1H4/b8-3+,9-4+;;. The Kier molecular flexibility index (Phi) is 6.69. The first-order valence-electron chi connectivity index (χ1n) is 7.69. The molecule has 4 nitrogen and oxygen atoms in total. The van der Waals surface area contributed by atoms with Crippen LogP contribution < -0.4 is 0 Å². The molecule has 1 aliphatic carbocycles. The molecule has 22 heavy (non-hydrogen) atoms. The summed E-state index contributed by atoms with van der Waals surface area (Å²) in [5.74, 6) is 0.390. The predicted octanol–water partition coefficient (Wildman–Crippen LogP) is 3.40. The number of ketones is 2. The van der Waals surface area contributed by atoms with E-state index < -0.39 is 0 Å². The fraction of sp³-hybridized carbons (Fsp3) is 0.667. The van der Waals surface area contributed by atoms with Gasteiger partial charge in [-0.1, -0.05) is 19.6 Å². The monoisotopic (exact) mass is 308 g/mol. The largest absolute Gasteiger partial charge is 0.361 e. The second-order valence-corrected chi connectivity index (χ2v) is 5.74. The minimum atomic E-state index is -0.157. The fourth-order valence-corrected chi connectivity index (χ4v) is 2.58. The second-order valence-electron chi connectivity index (χ2n) is 5.74. The number of hydrogen-bond acceptors (Lipinski definition) is 4. The number of epoxide rings is 2. The summed E-state index contributed by atoms with van der Waals surface area (Å²) in [7, 11) is 0. The average molecular weight is 308 g/mol. The zero-order valence-corrected chi connectivity index (χ0v) is 13.2. The van der Waals surface area contributed by atoms with E-state index in [1.165, 1.54) is 0 Å². The first kappa shape index (κ1) is 18.8.